The normalized spacial score (nSPS) is 11.8. The fourth-order valence-corrected chi connectivity index (χ4v) is 1.79. The fraction of sp³-hybridized carbons (Fsp3) is 0.357. The number of nitriles is 1. The molecule has 6 heteroatoms. The predicted molar refractivity (Wildman–Crippen MR) is 72.0 cm³/mol. The van der Waals surface area contributed by atoms with E-state index in [2.05, 4.69) is 22.4 Å². The Kier molecular flexibility index (Phi) is 5.09. The number of hydrogen-bond acceptors (Lipinski definition) is 6. The van der Waals surface area contributed by atoms with E-state index in [1.165, 1.54) is 6.33 Å². The van der Waals surface area contributed by atoms with Crippen molar-refractivity contribution in [1.82, 2.24) is 15.5 Å². The third-order valence-electron chi connectivity index (χ3n) is 2.88. The number of hydrogen-bond donors (Lipinski definition) is 1. The molecule has 1 aromatic heterocycles. The summed E-state index contributed by atoms with van der Waals surface area (Å²) in [5.74, 6) is 1.33. The molecule has 1 N–H and O–H groups in total. The lowest BCUT2D eigenvalue weighted by atomic mass is 10.1. The molecule has 20 heavy (non-hydrogen) atoms. The topological polar surface area (TPSA) is 84.0 Å². The van der Waals surface area contributed by atoms with Gasteiger partial charge < -0.3 is 14.6 Å². The van der Waals surface area contributed by atoms with Crippen LogP contribution in [-0.4, -0.2) is 23.3 Å². The summed E-state index contributed by atoms with van der Waals surface area (Å²) in [6.45, 7) is 2.91. The molecule has 0 bridgehead atoms. The molecule has 0 spiro atoms. The minimum atomic E-state index is 0.0668. The highest BCUT2D eigenvalue weighted by Gasteiger charge is 2.06. The van der Waals surface area contributed by atoms with E-state index in [0.717, 1.165) is 12.1 Å². The second-order valence-corrected chi connectivity index (χ2v) is 4.28. The Bertz CT molecular complexity index is 546. The second-order valence-electron chi connectivity index (χ2n) is 4.28. The van der Waals surface area contributed by atoms with Crippen molar-refractivity contribution in [3.05, 3.63) is 42.0 Å². The second kappa shape index (κ2) is 7.26. The van der Waals surface area contributed by atoms with Gasteiger partial charge in [0.15, 0.2) is 12.9 Å². The van der Waals surface area contributed by atoms with Gasteiger partial charge in [0.25, 0.3) is 0 Å². The molecule has 1 heterocycles. The van der Waals surface area contributed by atoms with E-state index in [9.17, 15) is 0 Å². The van der Waals surface area contributed by atoms with Crippen LogP contribution in [0.3, 0.4) is 0 Å². The van der Waals surface area contributed by atoms with E-state index in [1.54, 1.807) is 0 Å². The van der Waals surface area contributed by atoms with E-state index >= 15 is 0 Å². The Morgan fingerprint density at radius 1 is 1.40 bits per heavy atom. The summed E-state index contributed by atoms with van der Waals surface area (Å²) in [5.41, 5.74) is 1.15. The first-order valence-electron chi connectivity index (χ1n) is 6.38. The van der Waals surface area contributed by atoms with Gasteiger partial charge in [0.2, 0.25) is 5.89 Å². The standard InChI is InChI=1S/C14H16N4O2/c1-11(16-8-6-14-17-10-18-20-14)12-2-4-13(5-3-12)19-9-7-15/h2-5,10-11,16H,6,8-9H2,1H3. The predicted octanol–water partition coefficient (Wildman–Crippen LogP) is 1.87. The first-order valence-corrected chi connectivity index (χ1v) is 6.38. The summed E-state index contributed by atoms with van der Waals surface area (Å²) >= 11 is 0. The van der Waals surface area contributed by atoms with Crippen molar-refractivity contribution in [2.24, 2.45) is 0 Å². The van der Waals surface area contributed by atoms with Gasteiger partial charge in [-0.15, -0.1) is 0 Å². The molecule has 2 aromatic rings. The molecule has 0 saturated heterocycles. The molecule has 1 aromatic carbocycles. The summed E-state index contributed by atoms with van der Waals surface area (Å²) in [5, 5.41) is 15.4. The third-order valence-corrected chi connectivity index (χ3v) is 2.88. The van der Waals surface area contributed by atoms with Gasteiger partial charge in [0, 0.05) is 19.0 Å². The number of nitrogens with zero attached hydrogens (tertiary/aromatic N) is 3. The highest BCUT2D eigenvalue weighted by molar-refractivity contribution is 5.29. The SMILES string of the molecule is CC(NCCc1ncno1)c1ccc(OCC#N)cc1. The molecular weight excluding hydrogens is 256 g/mol. The van der Waals surface area contributed by atoms with Gasteiger partial charge in [-0.3, -0.25) is 0 Å². The quantitative estimate of drug-likeness (QED) is 0.828. The Balaban J connectivity index is 1.79. The van der Waals surface area contributed by atoms with Crippen LogP contribution in [0.5, 0.6) is 5.75 Å². The van der Waals surface area contributed by atoms with Crippen LogP contribution in [-0.2, 0) is 6.42 Å². The molecule has 104 valence electrons. The lowest BCUT2D eigenvalue weighted by Crippen LogP contribution is -2.21. The zero-order valence-corrected chi connectivity index (χ0v) is 11.2. The molecule has 1 atom stereocenters. The Morgan fingerprint density at radius 2 is 2.20 bits per heavy atom. The molecule has 0 amide bonds. The van der Waals surface area contributed by atoms with Crippen LogP contribution in [0.25, 0.3) is 0 Å². The van der Waals surface area contributed by atoms with Crippen molar-refractivity contribution in [1.29, 1.82) is 5.26 Å². The Labute approximate surface area is 117 Å². The maximum Gasteiger partial charge on any atom is 0.227 e. The number of ether oxygens (including phenoxy) is 1. The molecular formula is C14H16N4O2. The highest BCUT2D eigenvalue weighted by Crippen LogP contribution is 2.17. The van der Waals surface area contributed by atoms with E-state index in [0.29, 0.717) is 18.1 Å². The van der Waals surface area contributed by atoms with Gasteiger partial charge in [0.05, 0.1) is 0 Å². The molecule has 0 fully saturated rings. The largest absolute Gasteiger partial charge is 0.479 e. The Morgan fingerprint density at radius 3 is 2.85 bits per heavy atom. The van der Waals surface area contributed by atoms with E-state index < -0.39 is 0 Å². The van der Waals surface area contributed by atoms with Gasteiger partial charge in [0.1, 0.15) is 11.8 Å². The number of rotatable bonds is 7. The zero-order valence-electron chi connectivity index (χ0n) is 11.2. The maximum absolute atomic E-state index is 8.44. The van der Waals surface area contributed by atoms with E-state index in [1.807, 2.05) is 30.3 Å². The van der Waals surface area contributed by atoms with Gasteiger partial charge in [-0.2, -0.15) is 10.2 Å². The fourth-order valence-electron chi connectivity index (χ4n) is 1.79. The van der Waals surface area contributed by atoms with Crippen LogP contribution < -0.4 is 10.1 Å². The molecule has 0 saturated carbocycles. The molecule has 1 unspecified atom stereocenters. The lowest BCUT2D eigenvalue weighted by Gasteiger charge is -2.14. The van der Waals surface area contributed by atoms with E-state index in [4.69, 9.17) is 14.5 Å². The van der Waals surface area contributed by atoms with Gasteiger partial charge in [-0.05, 0) is 24.6 Å². The van der Waals surface area contributed by atoms with Gasteiger partial charge in [-0.1, -0.05) is 17.3 Å². The van der Waals surface area contributed by atoms with Crippen molar-refractivity contribution in [3.63, 3.8) is 0 Å². The molecule has 6 nitrogen and oxygen atoms in total. The minimum absolute atomic E-state index is 0.0668. The number of aromatic nitrogens is 2. The van der Waals surface area contributed by atoms with Crippen molar-refractivity contribution < 1.29 is 9.26 Å². The summed E-state index contributed by atoms with van der Waals surface area (Å²) in [4.78, 5) is 3.97. The molecule has 0 radical (unpaired) electrons. The van der Waals surface area contributed by atoms with Crippen LogP contribution in [0.15, 0.2) is 35.1 Å². The minimum Gasteiger partial charge on any atom is -0.479 e. The lowest BCUT2D eigenvalue weighted by molar-refractivity contribution is 0.367. The summed E-state index contributed by atoms with van der Waals surface area (Å²) in [7, 11) is 0. The molecule has 2 rings (SSSR count). The smallest absolute Gasteiger partial charge is 0.227 e. The van der Waals surface area contributed by atoms with Crippen LogP contribution in [0.4, 0.5) is 0 Å². The molecule has 0 aliphatic rings. The van der Waals surface area contributed by atoms with Crippen LogP contribution in [0, 0.1) is 11.3 Å². The van der Waals surface area contributed by atoms with Crippen LogP contribution >= 0.6 is 0 Å². The summed E-state index contributed by atoms with van der Waals surface area (Å²) in [6, 6.07) is 9.85. The van der Waals surface area contributed by atoms with Gasteiger partial charge in [-0.25, -0.2) is 0 Å². The van der Waals surface area contributed by atoms with Crippen molar-refractivity contribution in [3.8, 4) is 11.8 Å². The zero-order chi connectivity index (χ0) is 14.2. The Hall–Kier alpha value is -2.39. The highest BCUT2D eigenvalue weighted by atomic mass is 16.5. The monoisotopic (exact) mass is 272 g/mol. The van der Waals surface area contributed by atoms with Gasteiger partial charge >= 0.3 is 0 Å². The first kappa shape index (κ1) is 14.0. The maximum atomic E-state index is 8.44. The number of nitrogens with one attached hydrogen (secondary N) is 1. The molecule has 0 aliphatic heterocycles. The van der Waals surface area contributed by atoms with Crippen molar-refractivity contribution in [2.75, 3.05) is 13.2 Å². The van der Waals surface area contributed by atoms with Crippen molar-refractivity contribution >= 4 is 0 Å². The van der Waals surface area contributed by atoms with Crippen molar-refractivity contribution in [2.45, 2.75) is 19.4 Å². The average molecular weight is 272 g/mol. The number of benzene rings is 1. The first-order chi connectivity index (χ1) is 9.79. The summed E-state index contributed by atoms with van der Waals surface area (Å²) in [6.07, 6.45) is 2.10. The van der Waals surface area contributed by atoms with Crippen LogP contribution in [0.2, 0.25) is 0 Å². The summed E-state index contributed by atoms with van der Waals surface area (Å²) < 4.78 is 10.1. The van der Waals surface area contributed by atoms with E-state index in [-0.39, 0.29) is 12.6 Å². The van der Waals surface area contributed by atoms with Crippen LogP contribution in [0.1, 0.15) is 24.4 Å². The third kappa shape index (κ3) is 4.07. The molecule has 0 aliphatic carbocycles. The average Bonchev–Trinajstić information content (AvgIpc) is 2.99.